The van der Waals surface area contributed by atoms with Gasteiger partial charge in [0.2, 0.25) is 5.91 Å². The Morgan fingerprint density at radius 3 is 2.45 bits per heavy atom. The Bertz CT molecular complexity index is 1100. The molecule has 1 N–H and O–H groups in total. The minimum absolute atomic E-state index is 0.110. The fraction of sp³-hybridized carbons (Fsp3) is 0.348. The molecule has 29 heavy (non-hydrogen) atoms. The second kappa shape index (κ2) is 9.37. The smallest absolute Gasteiger partial charge is 0.332 e. The van der Waals surface area contributed by atoms with Gasteiger partial charge in [-0.05, 0) is 43.9 Å². The predicted octanol–water partition coefficient (Wildman–Crippen LogP) is 2.88. The number of para-hydroxylation sites is 1. The van der Waals surface area contributed by atoms with Crippen LogP contribution in [0.25, 0.3) is 10.9 Å². The second-order valence-corrected chi connectivity index (χ2v) is 7.26. The molecule has 1 atom stereocenters. The lowest BCUT2D eigenvalue weighted by Gasteiger charge is -2.17. The summed E-state index contributed by atoms with van der Waals surface area (Å²) in [5.41, 5.74) is 0.966. The van der Waals surface area contributed by atoms with Gasteiger partial charge in [0.15, 0.2) is 0 Å². The Hall–Kier alpha value is -3.15. The third-order valence-corrected chi connectivity index (χ3v) is 5.22. The van der Waals surface area contributed by atoms with Crippen LogP contribution in [0.1, 0.15) is 38.3 Å². The molecule has 6 nitrogen and oxygen atoms in total. The van der Waals surface area contributed by atoms with Crippen molar-refractivity contribution in [1.82, 2.24) is 14.5 Å². The summed E-state index contributed by atoms with van der Waals surface area (Å²) in [5.74, 6) is -0.236. The summed E-state index contributed by atoms with van der Waals surface area (Å²) in [5, 5.41) is 3.33. The molecule has 0 saturated heterocycles. The molecule has 3 aromatic rings. The van der Waals surface area contributed by atoms with Crippen LogP contribution in [0.4, 0.5) is 0 Å². The maximum atomic E-state index is 13.0. The number of carbonyl (C=O) groups excluding carboxylic acids is 1. The van der Waals surface area contributed by atoms with Crippen LogP contribution in [0.5, 0.6) is 0 Å². The van der Waals surface area contributed by atoms with Crippen LogP contribution in [-0.2, 0) is 17.8 Å². The van der Waals surface area contributed by atoms with Gasteiger partial charge >= 0.3 is 5.69 Å². The van der Waals surface area contributed by atoms with Gasteiger partial charge in [-0.1, -0.05) is 49.4 Å². The summed E-state index contributed by atoms with van der Waals surface area (Å²) in [7, 11) is 0. The van der Waals surface area contributed by atoms with Crippen LogP contribution in [0.15, 0.2) is 64.2 Å². The van der Waals surface area contributed by atoms with E-state index in [1.165, 1.54) is 14.7 Å². The fourth-order valence-electron chi connectivity index (χ4n) is 3.43. The first-order chi connectivity index (χ1) is 14.0. The largest absolute Gasteiger partial charge is 0.355 e. The minimum Gasteiger partial charge on any atom is -0.355 e. The predicted molar refractivity (Wildman–Crippen MR) is 115 cm³/mol. The number of aromatic nitrogens is 2. The highest BCUT2D eigenvalue weighted by Gasteiger charge is 2.17. The van der Waals surface area contributed by atoms with Crippen molar-refractivity contribution < 1.29 is 4.79 Å². The molecule has 1 amide bonds. The SMILES string of the molecule is CCC(C)n1c(=O)c2ccccc2n(CC(=O)NCCCc2ccccc2)c1=O. The van der Waals surface area contributed by atoms with E-state index in [0.29, 0.717) is 23.9 Å². The van der Waals surface area contributed by atoms with Gasteiger partial charge in [0.25, 0.3) is 5.56 Å². The average molecular weight is 393 g/mol. The van der Waals surface area contributed by atoms with Gasteiger partial charge in [-0.3, -0.25) is 18.7 Å². The van der Waals surface area contributed by atoms with E-state index in [0.717, 1.165) is 12.8 Å². The highest BCUT2D eigenvalue weighted by atomic mass is 16.2. The molecular weight excluding hydrogens is 366 g/mol. The van der Waals surface area contributed by atoms with Crippen LogP contribution in [-0.4, -0.2) is 21.6 Å². The number of nitrogens with one attached hydrogen (secondary N) is 1. The number of fused-ring (bicyclic) bond motifs is 1. The Balaban J connectivity index is 1.77. The van der Waals surface area contributed by atoms with Crippen molar-refractivity contribution in [3.63, 3.8) is 0 Å². The van der Waals surface area contributed by atoms with Crippen LogP contribution < -0.4 is 16.6 Å². The molecule has 1 heterocycles. The molecule has 0 aliphatic heterocycles. The topological polar surface area (TPSA) is 73.1 Å². The zero-order valence-corrected chi connectivity index (χ0v) is 16.9. The van der Waals surface area contributed by atoms with Crippen molar-refractivity contribution in [3.8, 4) is 0 Å². The Labute approximate surface area is 169 Å². The Morgan fingerprint density at radius 2 is 1.72 bits per heavy atom. The molecule has 0 aliphatic rings. The van der Waals surface area contributed by atoms with E-state index in [9.17, 15) is 14.4 Å². The molecular formula is C23H27N3O3. The molecule has 0 fully saturated rings. The van der Waals surface area contributed by atoms with E-state index in [1.807, 2.05) is 32.0 Å². The first-order valence-corrected chi connectivity index (χ1v) is 10.1. The summed E-state index contributed by atoms with van der Waals surface area (Å²) < 4.78 is 2.65. The molecule has 0 radical (unpaired) electrons. The molecule has 0 saturated carbocycles. The molecule has 1 unspecified atom stereocenters. The molecule has 0 bridgehead atoms. The Morgan fingerprint density at radius 1 is 1.03 bits per heavy atom. The van der Waals surface area contributed by atoms with Crippen molar-refractivity contribution in [3.05, 3.63) is 81.0 Å². The summed E-state index contributed by atoms with van der Waals surface area (Å²) in [6, 6.07) is 16.8. The van der Waals surface area contributed by atoms with Crippen LogP contribution in [0, 0.1) is 0 Å². The highest BCUT2D eigenvalue weighted by Crippen LogP contribution is 2.11. The van der Waals surface area contributed by atoms with Gasteiger partial charge in [0, 0.05) is 12.6 Å². The number of nitrogens with zero attached hydrogens (tertiary/aromatic N) is 2. The van der Waals surface area contributed by atoms with E-state index >= 15 is 0 Å². The lowest BCUT2D eigenvalue weighted by Crippen LogP contribution is -2.43. The van der Waals surface area contributed by atoms with Gasteiger partial charge < -0.3 is 5.32 Å². The zero-order chi connectivity index (χ0) is 20.8. The van der Waals surface area contributed by atoms with Gasteiger partial charge in [-0.15, -0.1) is 0 Å². The van der Waals surface area contributed by atoms with Crippen LogP contribution in [0.3, 0.4) is 0 Å². The maximum Gasteiger partial charge on any atom is 0.332 e. The quantitative estimate of drug-likeness (QED) is 0.598. The number of benzene rings is 2. The fourth-order valence-corrected chi connectivity index (χ4v) is 3.43. The third-order valence-electron chi connectivity index (χ3n) is 5.22. The number of hydrogen-bond donors (Lipinski definition) is 1. The van der Waals surface area contributed by atoms with Gasteiger partial charge in [0.1, 0.15) is 6.54 Å². The minimum atomic E-state index is -0.442. The number of amides is 1. The van der Waals surface area contributed by atoms with Crippen LogP contribution in [0.2, 0.25) is 0 Å². The van der Waals surface area contributed by atoms with Crippen molar-refractivity contribution in [2.75, 3.05) is 6.54 Å². The van der Waals surface area contributed by atoms with E-state index < -0.39 is 5.69 Å². The summed E-state index contributed by atoms with van der Waals surface area (Å²) in [4.78, 5) is 38.3. The number of aryl methyl sites for hydroxylation is 1. The highest BCUT2D eigenvalue weighted by molar-refractivity contribution is 5.81. The van der Waals surface area contributed by atoms with Gasteiger partial charge in [0.05, 0.1) is 10.9 Å². The molecule has 152 valence electrons. The molecule has 3 rings (SSSR count). The van der Waals surface area contributed by atoms with E-state index in [4.69, 9.17) is 0 Å². The van der Waals surface area contributed by atoms with Crippen molar-refractivity contribution >= 4 is 16.8 Å². The van der Waals surface area contributed by atoms with Crippen molar-refractivity contribution in [2.24, 2.45) is 0 Å². The lowest BCUT2D eigenvalue weighted by molar-refractivity contribution is -0.121. The molecule has 2 aromatic carbocycles. The second-order valence-electron chi connectivity index (χ2n) is 7.26. The Kier molecular flexibility index (Phi) is 6.65. The van der Waals surface area contributed by atoms with Gasteiger partial charge in [-0.25, -0.2) is 4.79 Å². The lowest BCUT2D eigenvalue weighted by atomic mass is 10.1. The summed E-state index contributed by atoms with van der Waals surface area (Å²) in [6.45, 7) is 4.19. The first kappa shape index (κ1) is 20.6. The normalized spacial score (nSPS) is 12.1. The van der Waals surface area contributed by atoms with Crippen molar-refractivity contribution in [2.45, 2.75) is 45.7 Å². The third kappa shape index (κ3) is 4.65. The number of hydrogen-bond acceptors (Lipinski definition) is 3. The molecule has 0 aliphatic carbocycles. The number of rotatable bonds is 8. The summed E-state index contributed by atoms with van der Waals surface area (Å²) >= 11 is 0. The maximum absolute atomic E-state index is 13.0. The summed E-state index contributed by atoms with van der Waals surface area (Å²) in [6.07, 6.45) is 2.35. The van der Waals surface area contributed by atoms with Gasteiger partial charge in [-0.2, -0.15) is 0 Å². The number of carbonyl (C=O) groups is 1. The van der Waals surface area contributed by atoms with E-state index in [1.54, 1.807) is 24.3 Å². The van der Waals surface area contributed by atoms with E-state index in [2.05, 4.69) is 17.4 Å². The molecule has 0 spiro atoms. The van der Waals surface area contributed by atoms with Crippen molar-refractivity contribution in [1.29, 1.82) is 0 Å². The van der Waals surface area contributed by atoms with Crippen LogP contribution >= 0.6 is 0 Å². The molecule has 6 heteroatoms. The average Bonchev–Trinajstić information content (AvgIpc) is 2.75. The first-order valence-electron chi connectivity index (χ1n) is 10.1. The van der Waals surface area contributed by atoms with E-state index in [-0.39, 0.29) is 24.1 Å². The molecule has 1 aromatic heterocycles. The standard InChI is InChI=1S/C23H27N3O3/c1-3-17(2)26-22(28)19-13-7-8-14-20(19)25(23(26)29)16-21(27)24-15-9-12-18-10-5-4-6-11-18/h4-8,10-11,13-14,17H,3,9,12,15-16H2,1-2H3,(H,24,27). The zero-order valence-electron chi connectivity index (χ0n) is 16.9. The monoisotopic (exact) mass is 393 g/mol.